The summed E-state index contributed by atoms with van der Waals surface area (Å²) in [5.41, 5.74) is 4.87. The molecule has 2 aromatic rings. The summed E-state index contributed by atoms with van der Waals surface area (Å²) in [5.74, 6) is 0. The van der Waals surface area contributed by atoms with E-state index in [1.807, 2.05) is 11.9 Å². The number of amides is 2. The van der Waals surface area contributed by atoms with Gasteiger partial charge in [0.1, 0.15) is 0 Å². The van der Waals surface area contributed by atoms with Crippen molar-refractivity contribution in [1.82, 2.24) is 14.5 Å². The van der Waals surface area contributed by atoms with Crippen LogP contribution in [0.1, 0.15) is 36.8 Å². The van der Waals surface area contributed by atoms with Crippen molar-refractivity contribution in [2.75, 3.05) is 26.4 Å². The van der Waals surface area contributed by atoms with Gasteiger partial charge in [-0.05, 0) is 60.8 Å². The number of rotatable bonds is 2. The van der Waals surface area contributed by atoms with Crippen molar-refractivity contribution in [3.63, 3.8) is 0 Å². The van der Waals surface area contributed by atoms with Crippen molar-refractivity contribution < 1.29 is 13.2 Å². The molecule has 4 rings (SSSR count). The van der Waals surface area contributed by atoms with Gasteiger partial charge in [-0.2, -0.15) is 0 Å². The minimum atomic E-state index is -3.38. The van der Waals surface area contributed by atoms with Crippen molar-refractivity contribution in [2.45, 2.75) is 50.6 Å². The van der Waals surface area contributed by atoms with Crippen LogP contribution in [0.3, 0.4) is 0 Å². The Morgan fingerprint density at radius 1 is 1.00 bits per heavy atom. The number of piperidine rings is 1. The number of sulfonamides is 1. The van der Waals surface area contributed by atoms with Crippen LogP contribution >= 0.6 is 0 Å². The predicted octanol–water partition coefficient (Wildman–Crippen LogP) is 3.67. The fourth-order valence-corrected chi connectivity index (χ4v) is 5.89. The highest BCUT2D eigenvalue weighted by Gasteiger charge is 2.37. The fourth-order valence-electron chi connectivity index (χ4n) is 5.07. The summed E-state index contributed by atoms with van der Waals surface area (Å²) in [5, 5.41) is 0. The van der Waals surface area contributed by atoms with Gasteiger partial charge in [-0.3, -0.25) is 0 Å². The van der Waals surface area contributed by atoms with Crippen molar-refractivity contribution in [1.29, 1.82) is 0 Å². The first-order valence-electron chi connectivity index (χ1n) is 11.5. The molecule has 172 valence electrons. The molecule has 0 spiro atoms. The lowest BCUT2D eigenvalue weighted by atomic mass is 9.89. The minimum Gasteiger partial charge on any atom is -0.328 e. The third kappa shape index (κ3) is 5.33. The quantitative estimate of drug-likeness (QED) is 0.751. The van der Waals surface area contributed by atoms with Crippen LogP contribution < -0.4 is 4.72 Å². The van der Waals surface area contributed by atoms with Crippen molar-refractivity contribution >= 4 is 16.1 Å². The molecule has 1 N–H and O–H groups in total. The number of fused-ring (bicyclic) bond motifs is 5. The third-order valence-corrected chi connectivity index (χ3v) is 7.34. The summed E-state index contributed by atoms with van der Waals surface area (Å²) in [6.07, 6.45) is 6.25. The van der Waals surface area contributed by atoms with Gasteiger partial charge in [-0.1, -0.05) is 48.5 Å². The van der Waals surface area contributed by atoms with Gasteiger partial charge < -0.3 is 9.80 Å². The van der Waals surface area contributed by atoms with E-state index in [1.54, 1.807) is 4.90 Å². The summed E-state index contributed by atoms with van der Waals surface area (Å²) in [7, 11) is -1.52. The fraction of sp³-hybridized carbons (Fsp3) is 0.480. The molecule has 2 aliphatic rings. The highest BCUT2D eigenvalue weighted by atomic mass is 32.2. The lowest BCUT2D eigenvalue weighted by Crippen LogP contribution is -2.59. The molecule has 0 aromatic heterocycles. The number of urea groups is 1. The monoisotopic (exact) mass is 455 g/mol. The average Bonchev–Trinajstić information content (AvgIpc) is 2.76. The van der Waals surface area contributed by atoms with E-state index in [-0.39, 0.29) is 18.1 Å². The molecule has 2 unspecified atom stereocenters. The first-order valence-corrected chi connectivity index (χ1v) is 13.4. The summed E-state index contributed by atoms with van der Waals surface area (Å²) >= 11 is 0. The Hall–Kier alpha value is -2.38. The van der Waals surface area contributed by atoms with Gasteiger partial charge in [-0.25, -0.2) is 17.9 Å². The van der Waals surface area contributed by atoms with Crippen LogP contribution in [0.15, 0.2) is 48.5 Å². The zero-order chi connectivity index (χ0) is 22.7. The van der Waals surface area contributed by atoms with Crippen molar-refractivity contribution in [2.24, 2.45) is 0 Å². The Balaban J connectivity index is 1.75. The summed E-state index contributed by atoms with van der Waals surface area (Å²) in [4.78, 5) is 17.0. The molecule has 1 fully saturated rings. The molecule has 2 aromatic carbocycles. The molecule has 2 aliphatic heterocycles. The largest absolute Gasteiger partial charge is 0.328 e. The minimum absolute atomic E-state index is 0.0105. The maximum Gasteiger partial charge on any atom is 0.320 e. The van der Waals surface area contributed by atoms with Crippen LogP contribution in [0.5, 0.6) is 0 Å². The molecular weight excluding hydrogens is 422 g/mol. The number of carbonyl (C=O) groups is 1. The zero-order valence-electron chi connectivity index (χ0n) is 19.0. The predicted molar refractivity (Wildman–Crippen MR) is 128 cm³/mol. The SMILES string of the molecule is CN1CCCCc2ccccc2-c2cccc(c2)CC2C(NS(C)(=O)=O)CCCN2C1=O. The molecule has 32 heavy (non-hydrogen) atoms. The maximum absolute atomic E-state index is 13.4. The van der Waals surface area contributed by atoms with Crippen LogP contribution in [-0.2, 0) is 22.9 Å². The molecule has 0 aliphatic carbocycles. The Bertz CT molecular complexity index is 1070. The van der Waals surface area contributed by atoms with Crippen LogP contribution in [0.4, 0.5) is 4.79 Å². The van der Waals surface area contributed by atoms with Gasteiger partial charge in [0.05, 0.1) is 12.3 Å². The molecule has 0 saturated carbocycles. The molecule has 2 amide bonds. The number of nitrogens with one attached hydrogen (secondary N) is 1. The lowest BCUT2D eigenvalue weighted by molar-refractivity contribution is 0.108. The molecule has 0 radical (unpaired) electrons. The number of benzene rings is 2. The van der Waals surface area contributed by atoms with E-state index in [2.05, 4.69) is 53.3 Å². The van der Waals surface area contributed by atoms with E-state index in [0.29, 0.717) is 19.5 Å². The Labute approximate surface area is 191 Å². The third-order valence-electron chi connectivity index (χ3n) is 6.61. The maximum atomic E-state index is 13.4. The van der Waals surface area contributed by atoms with E-state index >= 15 is 0 Å². The van der Waals surface area contributed by atoms with Gasteiger partial charge >= 0.3 is 6.03 Å². The van der Waals surface area contributed by atoms with E-state index < -0.39 is 10.0 Å². The normalized spacial score (nSPS) is 22.6. The van der Waals surface area contributed by atoms with Crippen molar-refractivity contribution in [3.05, 3.63) is 59.7 Å². The van der Waals surface area contributed by atoms with E-state index in [9.17, 15) is 13.2 Å². The van der Waals surface area contributed by atoms with Gasteiger partial charge in [-0.15, -0.1) is 0 Å². The summed E-state index contributed by atoms with van der Waals surface area (Å²) in [6.45, 7) is 1.35. The van der Waals surface area contributed by atoms with Crippen LogP contribution in [0, 0.1) is 0 Å². The Morgan fingerprint density at radius 3 is 2.62 bits per heavy atom. The number of hydrogen-bond acceptors (Lipinski definition) is 3. The average molecular weight is 456 g/mol. The molecule has 7 heteroatoms. The molecule has 2 bridgehead atoms. The summed E-state index contributed by atoms with van der Waals surface area (Å²) < 4.78 is 26.9. The standard InChI is InChI=1S/C25H33N3O3S/c1-27-15-6-5-11-20-10-3-4-13-22(20)21-12-7-9-19(17-21)18-24-23(26-32(2,30)31)14-8-16-28(24)25(27)29/h3-4,7,9-10,12-13,17,23-24,26H,5-6,8,11,14-16,18H2,1-2H3. The smallest absolute Gasteiger partial charge is 0.320 e. The molecular formula is C25H33N3O3S. The van der Waals surface area contributed by atoms with E-state index in [4.69, 9.17) is 0 Å². The highest BCUT2D eigenvalue weighted by molar-refractivity contribution is 7.88. The first kappa shape index (κ1) is 22.8. The number of nitrogens with zero attached hydrogens (tertiary/aromatic N) is 2. The van der Waals surface area contributed by atoms with Gasteiger partial charge in [0, 0.05) is 26.2 Å². The zero-order valence-corrected chi connectivity index (χ0v) is 19.8. The molecule has 2 atom stereocenters. The van der Waals surface area contributed by atoms with Crippen LogP contribution in [0.25, 0.3) is 11.1 Å². The number of carbonyl (C=O) groups excluding carboxylic acids is 1. The Kier molecular flexibility index (Phi) is 6.86. The lowest BCUT2D eigenvalue weighted by Gasteiger charge is -2.43. The van der Waals surface area contributed by atoms with Crippen molar-refractivity contribution in [3.8, 4) is 11.1 Å². The molecule has 2 heterocycles. The number of aryl methyl sites for hydroxylation is 1. The topological polar surface area (TPSA) is 69.7 Å². The van der Waals surface area contributed by atoms with E-state index in [1.165, 1.54) is 22.9 Å². The van der Waals surface area contributed by atoms with Gasteiger partial charge in [0.2, 0.25) is 10.0 Å². The first-order chi connectivity index (χ1) is 15.3. The molecule has 1 saturated heterocycles. The molecule has 6 nitrogen and oxygen atoms in total. The van der Waals surface area contributed by atoms with Crippen LogP contribution in [0.2, 0.25) is 0 Å². The second kappa shape index (κ2) is 9.63. The summed E-state index contributed by atoms with van der Waals surface area (Å²) in [6, 6.07) is 16.5. The van der Waals surface area contributed by atoms with E-state index in [0.717, 1.165) is 37.7 Å². The second-order valence-corrected chi connectivity index (χ2v) is 10.9. The highest BCUT2D eigenvalue weighted by Crippen LogP contribution is 2.29. The van der Waals surface area contributed by atoms with Crippen LogP contribution in [-0.4, -0.2) is 62.7 Å². The van der Waals surface area contributed by atoms with Gasteiger partial charge in [0.25, 0.3) is 0 Å². The van der Waals surface area contributed by atoms with Gasteiger partial charge in [0.15, 0.2) is 0 Å². The number of hydrogen-bond donors (Lipinski definition) is 1. The second-order valence-electron chi connectivity index (χ2n) is 9.12. The Morgan fingerprint density at radius 2 is 1.81 bits per heavy atom.